The molecule has 1 aliphatic rings. The minimum absolute atomic E-state index is 0.0968. The maximum absolute atomic E-state index is 12.9. The lowest BCUT2D eigenvalue weighted by Gasteiger charge is -2.16. The van der Waals surface area contributed by atoms with Crippen molar-refractivity contribution in [2.75, 3.05) is 26.7 Å². The zero-order valence-corrected chi connectivity index (χ0v) is 19.0. The number of rotatable bonds is 7. The number of fused-ring (bicyclic) bond motifs is 1. The third kappa shape index (κ3) is 4.80. The number of ether oxygens (including phenoxy) is 1. The number of halogens is 1. The summed E-state index contributed by atoms with van der Waals surface area (Å²) in [6.07, 6.45) is 2.41. The van der Waals surface area contributed by atoms with E-state index in [0.717, 1.165) is 25.0 Å². The van der Waals surface area contributed by atoms with Crippen LogP contribution in [0.3, 0.4) is 0 Å². The Morgan fingerprint density at radius 2 is 1.87 bits per heavy atom. The molecule has 0 bridgehead atoms. The average Bonchev–Trinajstić information content (AvgIpc) is 3.32. The van der Waals surface area contributed by atoms with Crippen LogP contribution in [0.5, 0.6) is 5.75 Å². The van der Waals surface area contributed by atoms with Crippen molar-refractivity contribution in [3.05, 3.63) is 68.5 Å². The van der Waals surface area contributed by atoms with E-state index < -0.39 is 0 Å². The highest BCUT2D eigenvalue weighted by atomic mass is 79.9. The lowest BCUT2D eigenvalue weighted by atomic mass is 10.1. The predicted molar refractivity (Wildman–Crippen MR) is 124 cm³/mol. The van der Waals surface area contributed by atoms with E-state index in [9.17, 15) is 9.59 Å². The molecular formula is C23H25BrN4O3. The van der Waals surface area contributed by atoms with Gasteiger partial charge >= 0.3 is 0 Å². The van der Waals surface area contributed by atoms with Gasteiger partial charge in [0, 0.05) is 16.4 Å². The van der Waals surface area contributed by atoms with Crippen LogP contribution in [-0.4, -0.2) is 47.3 Å². The first kappa shape index (κ1) is 21.5. The molecule has 8 heteroatoms. The van der Waals surface area contributed by atoms with Gasteiger partial charge in [-0.2, -0.15) is 5.10 Å². The summed E-state index contributed by atoms with van der Waals surface area (Å²) in [6, 6.07) is 12.7. The molecule has 0 spiro atoms. The van der Waals surface area contributed by atoms with Gasteiger partial charge in [0.2, 0.25) is 0 Å². The third-order valence-electron chi connectivity index (χ3n) is 5.61. The summed E-state index contributed by atoms with van der Waals surface area (Å²) in [5, 5.41) is 8.92. The Hall–Kier alpha value is -2.71. The second kappa shape index (κ2) is 9.62. The maximum atomic E-state index is 12.9. The van der Waals surface area contributed by atoms with Gasteiger partial charge in [0.05, 0.1) is 36.8 Å². The van der Waals surface area contributed by atoms with E-state index >= 15 is 0 Å². The molecule has 4 rings (SSSR count). The Kier molecular flexibility index (Phi) is 6.67. The number of benzene rings is 2. The fraction of sp³-hybridized carbons (Fsp3) is 0.348. The van der Waals surface area contributed by atoms with E-state index in [1.807, 2.05) is 24.3 Å². The number of carbonyl (C=O) groups excluding carboxylic acids is 1. The molecule has 0 atom stereocenters. The number of amides is 1. The predicted octanol–water partition coefficient (Wildman–Crippen LogP) is 3.19. The Morgan fingerprint density at radius 1 is 1.13 bits per heavy atom. The number of aromatic nitrogens is 2. The smallest absolute Gasteiger partial charge is 0.274 e. The Morgan fingerprint density at radius 3 is 2.61 bits per heavy atom. The molecule has 2 heterocycles. The molecule has 0 saturated carbocycles. The molecule has 1 amide bonds. The molecule has 3 aromatic rings. The first-order valence-corrected chi connectivity index (χ1v) is 11.2. The van der Waals surface area contributed by atoms with Gasteiger partial charge in [-0.05, 0) is 66.1 Å². The summed E-state index contributed by atoms with van der Waals surface area (Å²) in [5.41, 5.74) is 1.05. The number of methoxy groups -OCH3 is 1. The number of likely N-dealkylation sites (tertiary alicyclic amines) is 1. The molecule has 0 radical (unpaired) electrons. The molecule has 7 nitrogen and oxygen atoms in total. The molecule has 0 unspecified atom stereocenters. The number of nitrogens with zero attached hydrogens (tertiary/aromatic N) is 3. The minimum Gasteiger partial charge on any atom is -0.497 e. The van der Waals surface area contributed by atoms with Crippen molar-refractivity contribution < 1.29 is 9.53 Å². The molecular weight excluding hydrogens is 460 g/mol. The SMILES string of the molecule is COc1ccc(Br)c(C(=O)NCc2nn(CCN3CCCC3)c(=O)c3ccccc23)c1. The van der Waals surface area contributed by atoms with E-state index in [-0.39, 0.29) is 18.0 Å². The summed E-state index contributed by atoms with van der Waals surface area (Å²) in [6.45, 7) is 3.69. The van der Waals surface area contributed by atoms with Crippen molar-refractivity contribution in [2.24, 2.45) is 0 Å². The first-order chi connectivity index (χ1) is 15.1. The average molecular weight is 485 g/mol. The Labute approximate surface area is 189 Å². The van der Waals surface area contributed by atoms with Crippen LogP contribution in [-0.2, 0) is 13.1 Å². The van der Waals surface area contributed by atoms with Crippen LogP contribution in [0.25, 0.3) is 10.8 Å². The highest BCUT2D eigenvalue weighted by Gasteiger charge is 2.16. The minimum atomic E-state index is -0.244. The lowest BCUT2D eigenvalue weighted by Crippen LogP contribution is -2.32. The molecule has 162 valence electrons. The summed E-state index contributed by atoms with van der Waals surface area (Å²) >= 11 is 3.42. The largest absolute Gasteiger partial charge is 0.497 e. The summed E-state index contributed by atoms with van der Waals surface area (Å²) in [5.74, 6) is 0.360. The van der Waals surface area contributed by atoms with Crippen LogP contribution in [0.1, 0.15) is 28.9 Å². The van der Waals surface area contributed by atoms with Gasteiger partial charge in [0.25, 0.3) is 11.5 Å². The van der Waals surface area contributed by atoms with Gasteiger partial charge in [-0.1, -0.05) is 18.2 Å². The highest BCUT2D eigenvalue weighted by molar-refractivity contribution is 9.10. The van der Waals surface area contributed by atoms with Crippen LogP contribution in [0.4, 0.5) is 0 Å². The van der Waals surface area contributed by atoms with Gasteiger partial charge in [-0.3, -0.25) is 9.59 Å². The van der Waals surface area contributed by atoms with Crippen LogP contribution in [0.15, 0.2) is 51.7 Å². The van der Waals surface area contributed by atoms with Crippen molar-refractivity contribution in [3.8, 4) is 5.75 Å². The Balaban J connectivity index is 1.58. The summed E-state index contributed by atoms with van der Waals surface area (Å²) < 4.78 is 7.43. The van der Waals surface area contributed by atoms with Crippen molar-refractivity contribution in [1.29, 1.82) is 0 Å². The summed E-state index contributed by atoms with van der Waals surface area (Å²) in [4.78, 5) is 28.1. The molecule has 1 saturated heterocycles. The van der Waals surface area contributed by atoms with E-state index in [0.29, 0.717) is 33.4 Å². The van der Waals surface area contributed by atoms with Crippen LogP contribution in [0.2, 0.25) is 0 Å². The van der Waals surface area contributed by atoms with E-state index in [4.69, 9.17) is 4.74 Å². The van der Waals surface area contributed by atoms with Crippen molar-refractivity contribution in [3.63, 3.8) is 0 Å². The van der Waals surface area contributed by atoms with Gasteiger partial charge in [-0.25, -0.2) is 4.68 Å². The zero-order chi connectivity index (χ0) is 21.8. The summed E-state index contributed by atoms with van der Waals surface area (Å²) in [7, 11) is 1.56. The molecule has 31 heavy (non-hydrogen) atoms. The van der Waals surface area contributed by atoms with Crippen LogP contribution < -0.4 is 15.6 Å². The third-order valence-corrected chi connectivity index (χ3v) is 6.30. The second-order valence-corrected chi connectivity index (χ2v) is 8.45. The quantitative estimate of drug-likeness (QED) is 0.557. The monoisotopic (exact) mass is 484 g/mol. The Bertz CT molecular complexity index is 1160. The van der Waals surface area contributed by atoms with Crippen LogP contribution in [0, 0.1) is 0 Å². The topological polar surface area (TPSA) is 76.5 Å². The highest BCUT2D eigenvalue weighted by Crippen LogP contribution is 2.22. The molecule has 0 aliphatic carbocycles. The molecule has 1 aliphatic heterocycles. The number of nitrogens with one attached hydrogen (secondary N) is 1. The second-order valence-electron chi connectivity index (χ2n) is 7.60. The van der Waals surface area contributed by atoms with Crippen molar-refractivity contribution in [2.45, 2.75) is 25.9 Å². The molecule has 1 N–H and O–H groups in total. The van der Waals surface area contributed by atoms with E-state index in [1.54, 1.807) is 25.3 Å². The molecule has 1 aromatic heterocycles. The maximum Gasteiger partial charge on any atom is 0.274 e. The molecule has 2 aromatic carbocycles. The first-order valence-electron chi connectivity index (χ1n) is 10.4. The zero-order valence-electron chi connectivity index (χ0n) is 17.4. The van der Waals surface area contributed by atoms with Crippen molar-refractivity contribution >= 4 is 32.6 Å². The number of hydrogen-bond donors (Lipinski definition) is 1. The fourth-order valence-corrected chi connectivity index (χ4v) is 4.32. The van der Waals surface area contributed by atoms with Gasteiger partial charge in [-0.15, -0.1) is 0 Å². The number of carbonyl (C=O) groups is 1. The van der Waals surface area contributed by atoms with E-state index in [2.05, 4.69) is 31.2 Å². The van der Waals surface area contributed by atoms with Gasteiger partial charge < -0.3 is 15.0 Å². The lowest BCUT2D eigenvalue weighted by molar-refractivity contribution is 0.0949. The van der Waals surface area contributed by atoms with E-state index in [1.165, 1.54) is 17.5 Å². The van der Waals surface area contributed by atoms with Crippen LogP contribution >= 0.6 is 15.9 Å². The molecule has 1 fully saturated rings. The van der Waals surface area contributed by atoms with Gasteiger partial charge in [0.1, 0.15) is 5.75 Å². The van der Waals surface area contributed by atoms with Crippen molar-refractivity contribution in [1.82, 2.24) is 20.0 Å². The normalized spacial score (nSPS) is 14.1. The fourth-order valence-electron chi connectivity index (χ4n) is 3.89. The van der Waals surface area contributed by atoms with Gasteiger partial charge in [0.15, 0.2) is 0 Å². The number of hydrogen-bond acceptors (Lipinski definition) is 5. The standard InChI is InChI=1S/C23H25BrN4O3/c1-31-16-8-9-20(24)19(14-16)22(29)25-15-21-17-6-2-3-7-18(17)23(30)28(26-21)13-12-27-10-4-5-11-27/h2-3,6-9,14H,4-5,10-13,15H2,1H3,(H,25,29).